The van der Waals surface area contributed by atoms with Gasteiger partial charge in [-0.15, -0.1) is 0 Å². The van der Waals surface area contributed by atoms with E-state index in [0.29, 0.717) is 23.4 Å². The fourth-order valence-corrected chi connectivity index (χ4v) is 5.39. The van der Waals surface area contributed by atoms with Gasteiger partial charge in [-0.2, -0.15) is 0 Å². The molecule has 5 heteroatoms. The van der Waals surface area contributed by atoms with Crippen LogP contribution in [0.2, 0.25) is 0 Å². The number of pyridine rings is 1. The monoisotopic (exact) mass is 523 g/mol. The summed E-state index contributed by atoms with van der Waals surface area (Å²) in [7, 11) is 0. The van der Waals surface area contributed by atoms with Crippen LogP contribution in [0.1, 0.15) is 48.5 Å². The molecule has 2 heterocycles. The van der Waals surface area contributed by atoms with Crippen LogP contribution in [0, 0.1) is 13.8 Å². The molecule has 0 spiro atoms. The van der Waals surface area contributed by atoms with Crippen molar-refractivity contribution in [3.8, 4) is 11.3 Å². The number of aryl methyl sites for hydroxylation is 2. The van der Waals surface area contributed by atoms with Crippen LogP contribution in [-0.4, -0.2) is 16.8 Å². The summed E-state index contributed by atoms with van der Waals surface area (Å²) >= 11 is 0. The molecule has 0 aliphatic carbocycles. The van der Waals surface area contributed by atoms with E-state index in [0.717, 1.165) is 45.6 Å². The molecule has 0 atom stereocenters. The van der Waals surface area contributed by atoms with Crippen LogP contribution in [0.3, 0.4) is 0 Å². The van der Waals surface area contributed by atoms with Gasteiger partial charge >= 0.3 is 0 Å². The van der Waals surface area contributed by atoms with Crippen LogP contribution in [0.15, 0.2) is 109 Å². The molecular formula is C35H29N3O2. The number of hydrogen-bond acceptors (Lipinski definition) is 3. The predicted molar refractivity (Wildman–Crippen MR) is 160 cm³/mol. The molecule has 0 radical (unpaired) electrons. The van der Waals surface area contributed by atoms with E-state index in [2.05, 4.69) is 28.5 Å². The molecule has 2 amide bonds. The Morgan fingerprint density at radius 3 is 2.23 bits per heavy atom. The second-order valence-corrected chi connectivity index (χ2v) is 10.2. The number of rotatable bonds is 4. The van der Waals surface area contributed by atoms with Crippen molar-refractivity contribution in [2.24, 2.45) is 0 Å². The molecule has 0 saturated carbocycles. The van der Waals surface area contributed by atoms with Gasteiger partial charge < -0.3 is 10.2 Å². The lowest BCUT2D eigenvalue weighted by molar-refractivity contribution is 0.0983. The van der Waals surface area contributed by atoms with E-state index in [1.54, 1.807) is 12.3 Å². The van der Waals surface area contributed by atoms with Gasteiger partial charge in [0.05, 0.1) is 12.2 Å². The molecule has 6 rings (SSSR count). The van der Waals surface area contributed by atoms with Gasteiger partial charge in [0.25, 0.3) is 11.8 Å². The molecule has 1 aliphatic heterocycles. The van der Waals surface area contributed by atoms with Crippen LogP contribution in [-0.2, 0) is 13.0 Å². The van der Waals surface area contributed by atoms with Crippen molar-refractivity contribution in [1.82, 2.24) is 4.98 Å². The first kappa shape index (κ1) is 25.3. The molecule has 1 aliphatic rings. The molecule has 40 heavy (non-hydrogen) atoms. The molecule has 5 aromatic rings. The molecule has 0 fully saturated rings. The van der Waals surface area contributed by atoms with E-state index < -0.39 is 0 Å². The van der Waals surface area contributed by atoms with Crippen LogP contribution in [0.25, 0.3) is 11.3 Å². The van der Waals surface area contributed by atoms with Crippen molar-refractivity contribution < 1.29 is 9.59 Å². The van der Waals surface area contributed by atoms with Gasteiger partial charge in [-0.3, -0.25) is 14.6 Å². The molecule has 1 aromatic heterocycles. The van der Waals surface area contributed by atoms with Gasteiger partial charge in [0.15, 0.2) is 0 Å². The standard InChI is InChI=1S/C35H29N3O2/c1-23-20-32(37-34(39)29-15-7-6-14-28(29)31-16-9-10-18-36-31)24(2)19-30(23)35(40)38-22-27-13-4-3-11-25(27)21-26-12-5-8-17-33(26)38/h3-20H,21-22H2,1-2H3,(H,37,39). The van der Waals surface area contributed by atoms with Crippen molar-refractivity contribution in [2.45, 2.75) is 26.8 Å². The van der Waals surface area contributed by atoms with E-state index in [4.69, 9.17) is 0 Å². The van der Waals surface area contributed by atoms with E-state index in [1.807, 2.05) is 97.6 Å². The second kappa shape index (κ2) is 10.6. The summed E-state index contributed by atoms with van der Waals surface area (Å²) in [6, 6.07) is 33.3. The van der Waals surface area contributed by atoms with Gasteiger partial charge in [-0.05, 0) is 84.5 Å². The number of amides is 2. The molecule has 0 bridgehead atoms. The van der Waals surface area contributed by atoms with Crippen molar-refractivity contribution in [3.63, 3.8) is 0 Å². The maximum absolute atomic E-state index is 14.1. The van der Waals surface area contributed by atoms with E-state index in [9.17, 15) is 9.59 Å². The third-order valence-corrected chi connectivity index (χ3v) is 7.52. The third kappa shape index (κ3) is 4.78. The summed E-state index contributed by atoms with van der Waals surface area (Å²) in [6.45, 7) is 4.34. The van der Waals surface area contributed by atoms with Gasteiger partial charge in [0.2, 0.25) is 0 Å². The number of carbonyl (C=O) groups is 2. The summed E-state index contributed by atoms with van der Waals surface area (Å²) in [5.74, 6) is -0.274. The fourth-order valence-electron chi connectivity index (χ4n) is 5.39. The smallest absolute Gasteiger partial charge is 0.258 e. The average molecular weight is 524 g/mol. The first-order chi connectivity index (χ1) is 19.5. The molecule has 0 saturated heterocycles. The van der Waals surface area contributed by atoms with E-state index >= 15 is 0 Å². The molecule has 4 aromatic carbocycles. The number of nitrogens with zero attached hydrogens (tertiary/aromatic N) is 2. The highest BCUT2D eigenvalue weighted by Crippen LogP contribution is 2.33. The number of anilines is 2. The van der Waals surface area contributed by atoms with E-state index in [1.165, 1.54) is 5.56 Å². The lowest BCUT2D eigenvalue weighted by atomic mass is 10.00. The molecular weight excluding hydrogens is 494 g/mol. The highest BCUT2D eigenvalue weighted by molar-refractivity contribution is 6.10. The maximum Gasteiger partial charge on any atom is 0.258 e. The van der Waals surface area contributed by atoms with Crippen molar-refractivity contribution in [2.75, 3.05) is 10.2 Å². The normalized spacial score (nSPS) is 12.2. The lowest BCUT2D eigenvalue weighted by Gasteiger charge is -2.25. The zero-order chi connectivity index (χ0) is 27.6. The summed E-state index contributed by atoms with van der Waals surface area (Å²) in [5.41, 5.74) is 9.42. The second-order valence-electron chi connectivity index (χ2n) is 10.2. The molecule has 5 nitrogen and oxygen atoms in total. The SMILES string of the molecule is Cc1cc(C(=O)N2Cc3ccccc3Cc3ccccc32)c(C)cc1NC(=O)c1ccccc1-c1ccccn1. The van der Waals surface area contributed by atoms with Crippen LogP contribution >= 0.6 is 0 Å². The number of carbonyl (C=O) groups excluding carboxylic acids is 2. The summed E-state index contributed by atoms with van der Waals surface area (Å²) in [4.78, 5) is 33.8. The predicted octanol–water partition coefficient (Wildman–Crippen LogP) is 7.37. The number of para-hydroxylation sites is 1. The lowest BCUT2D eigenvalue weighted by Crippen LogP contribution is -2.31. The zero-order valence-corrected chi connectivity index (χ0v) is 22.5. The Morgan fingerprint density at radius 2 is 1.43 bits per heavy atom. The fraction of sp³-hybridized carbons (Fsp3) is 0.114. The van der Waals surface area contributed by atoms with Gasteiger partial charge in [0.1, 0.15) is 0 Å². The van der Waals surface area contributed by atoms with Crippen molar-refractivity contribution in [3.05, 3.63) is 148 Å². The number of aromatic nitrogens is 1. The Labute approximate surface area is 234 Å². The van der Waals surface area contributed by atoms with E-state index in [-0.39, 0.29) is 11.8 Å². The number of nitrogens with one attached hydrogen (secondary N) is 1. The Hall–Kier alpha value is -5.03. The number of fused-ring (bicyclic) bond motifs is 2. The largest absolute Gasteiger partial charge is 0.322 e. The molecule has 1 N–H and O–H groups in total. The van der Waals surface area contributed by atoms with Gasteiger partial charge in [0, 0.05) is 34.3 Å². The first-order valence-electron chi connectivity index (χ1n) is 13.4. The van der Waals surface area contributed by atoms with Crippen LogP contribution in [0.4, 0.5) is 11.4 Å². The average Bonchev–Trinajstić information content (AvgIpc) is 3.16. The summed E-state index contributed by atoms with van der Waals surface area (Å²) in [6.07, 6.45) is 2.51. The molecule has 0 unspecified atom stereocenters. The summed E-state index contributed by atoms with van der Waals surface area (Å²) < 4.78 is 0. The number of benzene rings is 4. The Morgan fingerprint density at radius 1 is 0.725 bits per heavy atom. The van der Waals surface area contributed by atoms with Crippen molar-refractivity contribution >= 4 is 23.2 Å². The minimum atomic E-state index is -0.221. The summed E-state index contributed by atoms with van der Waals surface area (Å²) in [5, 5.41) is 3.07. The Balaban J connectivity index is 1.31. The minimum Gasteiger partial charge on any atom is -0.322 e. The maximum atomic E-state index is 14.1. The third-order valence-electron chi connectivity index (χ3n) is 7.52. The zero-order valence-electron chi connectivity index (χ0n) is 22.5. The highest BCUT2D eigenvalue weighted by Gasteiger charge is 2.26. The quantitative estimate of drug-likeness (QED) is 0.268. The first-order valence-corrected chi connectivity index (χ1v) is 13.4. The van der Waals surface area contributed by atoms with Crippen LogP contribution in [0.5, 0.6) is 0 Å². The van der Waals surface area contributed by atoms with Gasteiger partial charge in [-0.25, -0.2) is 0 Å². The Bertz CT molecular complexity index is 1740. The molecule has 196 valence electrons. The number of hydrogen-bond donors (Lipinski definition) is 1. The minimum absolute atomic E-state index is 0.0527. The van der Waals surface area contributed by atoms with Crippen molar-refractivity contribution in [1.29, 1.82) is 0 Å². The highest BCUT2D eigenvalue weighted by atomic mass is 16.2. The Kier molecular flexibility index (Phi) is 6.71. The van der Waals surface area contributed by atoms with Crippen LogP contribution < -0.4 is 10.2 Å². The van der Waals surface area contributed by atoms with Gasteiger partial charge in [-0.1, -0.05) is 66.7 Å². The topological polar surface area (TPSA) is 62.3 Å².